The molecule has 0 saturated carbocycles. The van der Waals surface area contributed by atoms with E-state index in [4.69, 9.17) is 9.97 Å². The van der Waals surface area contributed by atoms with Crippen LogP contribution in [0.3, 0.4) is 0 Å². The first-order chi connectivity index (χ1) is 10.7. The fourth-order valence-electron chi connectivity index (χ4n) is 2.75. The highest BCUT2D eigenvalue weighted by molar-refractivity contribution is 7.99. The minimum atomic E-state index is 0.127. The van der Waals surface area contributed by atoms with Crippen LogP contribution in [0.1, 0.15) is 18.3 Å². The molecule has 1 aliphatic rings. The molecule has 22 heavy (non-hydrogen) atoms. The number of aryl methyl sites for hydroxylation is 1. The highest BCUT2D eigenvalue weighted by atomic mass is 32.2. The third-order valence-electron chi connectivity index (χ3n) is 3.90. The van der Waals surface area contributed by atoms with E-state index >= 15 is 0 Å². The number of likely N-dealkylation sites (N-methyl/N-ethyl adjacent to an activating group) is 1. The van der Waals surface area contributed by atoms with Crippen molar-refractivity contribution < 1.29 is 5.11 Å². The summed E-state index contributed by atoms with van der Waals surface area (Å²) < 4.78 is 0. The lowest BCUT2D eigenvalue weighted by molar-refractivity contribution is 0.303. The molecule has 0 spiro atoms. The fraction of sp³-hybridized carbons (Fsp3) is 0.412. The van der Waals surface area contributed by atoms with Gasteiger partial charge in [0.2, 0.25) is 0 Å². The van der Waals surface area contributed by atoms with Gasteiger partial charge in [-0.15, -0.1) is 11.8 Å². The van der Waals surface area contributed by atoms with E-state index in [0.717, 1.165) is 35.9 Å². The Hall–Kier alpha value is -1.59. The van der Waals surface area contributed by atoms with Crippen LogP contribution in [0.15, 0.2) is 29.2 Å². The zero-order valence-corrected chi connectivity index (χ0v) is 13.9. The maximum atomic E-state index is 9.25. The number of aromatic nitrogens is 2. The van der Waals surface area contributed by atoms with E-state index in [2.05, 4.69) is 31.2 Å². The average Bonchev–Trinajstić information content (AvgIpc) is 2.73. The van der Waals surface area contributed by atoms with Gasteiger partial charge in [-0.05, 0) is 12.5 Å². The molecule has 0 saturated heterocycles. The summed E-state index contributed by atoms with van der Waals surface area (Å²) >= 11 is 1.88. The molecule has 0 aliphatic carbocycles. The molecule has 1 aromatic heterocycles. The molecule has 0 fully saturated rings. The van der Waals surface area contributed by atoms with Crippen LogP contribution in [0.25, 0.3) is 11.3 Å². The Morgan fingerprint density at radius 2 is 2.09 bits per heavy atom. The minimum absolute atomic E-state index is 0.127. The molecular weight excluding hydrogens is 294 g/mol. The summed E-state index contributed by atoms with van der Waals surface area (Å²) in [4.78, 5) is 12.9. The minimum Gasteiger partial charge on any atom is -0.395 e. The van der Waals surface area contributed by atoms with Crippen LogP contribution in [-0.4, -0.2) is 41.0 Å². The van der Waals surface area contributed by atoms with Crippen LogP contribution in [0.4, 0.5) is 5.82 Å². The molecule has 2 heterocycles. The van der Waals surface area contributed by atoms with Crippen LogP contribution in [0, 0.1) is 0 Å². The van der Waals surface area contributed by atoms with Gasteiger partial charge in [0.15, 0.2) is 0 Å². The standard InChI is InChI=1S/C17H21N3OS/c1-3-15-18-16-12-6-4-5-7-14(12)22-11-8-13(16)17(19-15)20(2)9-10-21/h4-7,21H,3,8-11H2,1-2H3. The molecule has 0 amide bonds. The summed E-state index contributed by atoms with van der Waals surface area (Å²) in [5.41, 5.74) is 3.47. The Morgan fingerprint density at radius 3 is 2.86 bits per heavy atom. The summed E-state index contributed by atoms with van der Waals surface area (Å²) in [5.74, 6) is 2.85. The zero-order valence-electron chi connectivity index (χ0n) is 13.0. The van der Waals surface area contributed by atoms with Crippen LogP contribution in [-0.2, 0) is 12.8 Å². The van der Waals surface area contributed by atoms with E-state index in [9.17, 15) is 5.11 Å². The van der Waals surface area contributed by atoms with Crippen molar-refractivity contribution in [2.45, 2.75) is 24.7 Å². The van der Waals surface area contributed by atoms with E-state index in [0.29, 0.717) is 6.54 Å². The largest absolute Gasteiger partial charge is 0.395 e. The lowest BCUT2D eigenvalue weighted by Crippen LogP contribution is -2.25. The van der Waals surface area contributed by atoms with Gasteiger partial charge in [0.1, 0.15) is 11.6 Å². The van der Waals surface area contributed by atoms with Crippen molar-refractivity contribution in [1.82, 2.24) is 9.97 Å². The Morgan fingerprint density at radius 1 is 1.27 bits per heavy atom. The SMILES string of the molecule is CCc1nc2c(c(N(C)CCO)n1)CCSc1ccccc1-2. The van der Waals surface area contributed by atoms with Crippen molar-refractivity contribution in [2.75, 3.05) is 30.9 Å². The predicted octanol–water partition coefficient (Wildman–Crippen LogP) is 2.78. The quantitative estimate of drug-likeness (QED) is 0.940. The highest BCUT2D eigenvalue weighted by Gasteiger charge is 2.22. The number of aliphatic hydroxyl groups excluding tert-OH is 1. The molecule has 1 aliphatic heterocycles. The van der Waals surface area contributed by atoms with Gasteiger partial charge in [0.25, 0.3) is 0 Å². The smallest absolute Gasteiger partial charge is 0.135 e. The lowest BCUT2D eigenvalue weighted by Gasteiger charge is -2.22. The Kier molecular flexibility index (Phi) is 4.64. The number of anilines is 1. The number of rotatable bonds is 4. The number of thioether (sulfide) groups is 1. The van der Waals surface area contributed by atoms with E-state index in [-0.39, 0.29) is 6.61 Å². The van der Waals surface area contributed by atoms with Gasteiger partial charge in [0.05, 0.1) is 12.3 Å². The van der Waals surface area contributed by atoms with Crippen LogP contribution >= 0.6 is 11.8 Å². The van der Waals surface area contributed by atoms with Crippen molar-refractivity contribution in [1.29, 1.82) is 0 Å². The van der Waals surface area contributed by atoms with E-state index < -0.39 is 0 Å². The van der Waals surface area contributed by atoms with Crippen molar-refractivity contribution >= 4 is 17.6 Å². The Bertz CT molecular complexity index is 675. The second kappa shape index (κ2) is 6.67. The van der Waals surface area contributed by atoms with Crippen molar-refractivity contribution in [3.05, 3.63) is 35.7 Å². The normalized spacial score (nSPS) is 13.2. The van der Waals surface area contributed by atoms with E-state index in [1.807, 2.05) is 23.7 Å². The summed E-state index contributed by atoms with van der Waals surface area (Å²) in [5, 5.41) is 9.25. The van der Waals surface area contributed by atoms with Crippen molar-refractivity contribution in [2.24, 2.45) is 0 Å². The molecular formula is C17H21N3OS. The van der Waals surface area contributed by atoms with Gasteiger partial charge in [-0.25, -0.2) is 9.97 Å². The maximum Gasteiger partial charge on any atom is 0.135 e. The molecule has 0 unspecified atom stereocenters. The summed E-state index contributed by atoms with van der Waals surface area (Å²) in [6, 6.07) is 8.46. The second-order valence-corrected chi connectivity index (χ2v) is 6.52. The Balaban J connectivity index is 2.20. The molecule has 1 N–H and O–H groups in total. The zero-order chi connectivity index (χ0) is 15.5. The van der Waals surface area contributed by atoms with Gasteiger partial charge >= 0.3 is 0 Å². The van der Waals surface area contributed by atoms with Crippen LogP contribution < -0.4 is 4.90 Å². The number of aliphatic hydroxyl groups is 1. The summed E-state index contributed by atoms with van der Waals surface area (Å²) in [7, 11) is 1.99. The molecule has 116 valence electrons. The van der Waals surface area contributed by atoms with Gasteiger partial charge in [0, 0.05) is 41.8 Å². The predicted molar refractivity (Wildman–Crippen MR) is 91.6 cm³/mol. The first kappa shape index (κ1) is 15.3. The Labute approximate surface area is 135 Å². The van der Waals surface area contributed by atoms with Gasteiger partial charge in [-0.2, -0.15) is 0 Å². The van der Waals surface area contributed by atoms with Crippen molar-refractivity contribution in [3.63, 3.8) is 0 Å². The number of hydrogen-bond donors (Lipinski definition) is 1. The van der Waals surface area contributed by atoms with Gasteiger partial charge in [-0.1, -0.05) is 25.1 Å². The third-order valence-corrected chi connectivity index (χ3v) is 4.97. The second-order valence-electron chi connectivity index (χ2n) is 5.38. The fourth-order valence-corrected chi connectivity index (χ4v) is 3.77. The first-order valence-electron chi connectivity index (χ1n) is 7.68. The highest BCUT2D eigenvalue weighted by Crippen LogP contribution is 2.39. The topological polar surface area (TPSA) is 49.2 Å². The van der Waals surface area contributed by atoms with Crippen molar-refractivity contribution in [3.8, 4) is 11.3 Å². The van der Waals surface area contributed by atoms with Crippen LogP contribution in [0.5, 0.6) is 0 Å². The number of fused-ring (bicyclic) bond motifs is 3. The average molecular weight is 315 g/mol. The number of hydrogen-bond acceptors (Lipinski definition) is 5. The van der Waals surface area contributed by atoms with E-state index in [1.54, 1.807) is 0 Å². The van der Waals surface area contributed by atoms with Crippen LogP contribution in [0.2, 0.25) is 0 Å². The van der Waals surface area contributed by atoms with Gasteiger partial charge < -0.3 is 10.0 Å². The summed E-state index contributed by atoms with van der Waals surface area (Å²) in [6.45, 7) is 2.79. The number of benzene rings is 1. The molecule has 0 atom stereocenters. The molecule has 5 heteroatoms. The number of nitrogens with zero attached hydrogens (tertiary/aromatic N) is 3. The molecule has 0 radical (unpaired) electrons. The third kappa shape index (κ3) is 2.83. The molecule has 3 rings (SSSR count). The molecule has 0 bridgehead atoms. The van der Waals surface area contributed by atoms with E-state index in [1.165, 1.54) is 16.0 Å². The monoisotopic (exact) mass is 315 g/mol. The lowest BCUT2D eigenvalue weighted by atomic mass is 10.0. The molecule has 2 aromatic rings. The molecule has 1 aromatic carbocycles. The first-order valence-corrected chi connectivity index (χ1v) is 8.67. The summed E-state index contributed by atoms with van der Waals surface area (Å²) in [6.07, 6.45) is 1.76. The van der Waals surface area contributed by atoms with Gasteiger partial charge in [-0.3, -0.25) is 0 Å². The molecule has 4 nitrogen and oxygen atoms in total. The maximum absolute atomic E-state index is 9.25.